The van der Waals surface area contributed by atoms with Gasteiger partial charge in [-0.2, -0.15) is 5.26 Å². The van der Waals surface area contributed by atoms with Crippen LogP contribution < -0.4 is 5.73 Å². The minimum atomic E-state index is -1.51. The van der Waals surface area contributed by atoms with Gasteiger partial charge in [0.1, 0.15) is 10.9 Å². The average Bonchev–Trinajstić information content (AvgIpc) is 2.71. The Hall–Kier alpha value is -2.00. The fourth-order valence-electron chi connectivity index (χ4n) is 1.83. The second-order valence-electron chi connectivity index (χ2n) is 3.87. The van der Waals surface area contributed by atoms with Crippen LogP contribution in [-0.4, -0.2) is 0 Å². The van der Waals surface area contributed by atoms with E-state index in [-0.39, 0.29) is 10.4 Å². The molecule has 0 spiro atoms. The Labute approximate surface area is 111 Å². The number of thiophene rings is 1. The molecule has 0 unspecified atom stereocenters. The maximum Gasteiger partial charge on any atom is 0.194 e. The number of nitrogen functional groups attached to an aromatic ring is 1. The van der Waals surface area contributed by atoms with Gasteiger partial charge < -0.3 is 5.73 Å². The molecule has 0 aliphatic carbocycles. The van der Waals surface area contributed by atoms with Crippen molar-refractivity contribution in [2.45, 2.75) is 13.3 Å². The van der Waals surface area contributed by atoms with Gasteiger partial charge in [0.05, 0.1) is 5.69 Å². The summed E-state index contributed by atoms with van der Waals surface area (Å²) in [5.74, 6) is -4.03. The zero-order chi connectivity index (χ0) is 14.2. The normalized spacial score (nSPS) is 10.5. The van der Waals surface area contributed by atoms with Gasteiger partial charge >= 0.3 is 0 Å². The molecule has 0 bridgehead atoms. The van der Waals surface area contributed by atoms with Crippen LogP contribution in [0.25, 0.3) is 10.4 Å². The summed E-state index contributed by atoms with van der Waals surface area (Å²) in [5.41, 5.74) is 6.94. The lowest BCUT2D eigenvalue weighted by molar-refractivity contribution is 0.448. The van der Waals surface area contributed by atoms with Crippen molar-refractivity contribution in [3.63, 3.8) is 0 Å². The van der Waals surface area contributed by atoms with Gasteiger partial charge in [0.2, 0.25) is 0 Å². The molecule has 19 heavy (non-hydrogen) atoms. The van der Waals surface area contributed by atoms with E-state index in [9.17, 15) is 13.2 Å². The third-order valence-corrected chi connectivity index (χ3v) is 3.95. The third kappa shape index (κ3) is 2.17. The lowest BCUT2D eigenvalue weighted by Crippen LogP contribution is -1.94. The molecule has 2 N–H and O–H groups in total. The van der Waals surface area contributed by atoms with Crippen LogP contribution in [-0.2, 0) is 6.42 Å². The first-order chi connectivity index (χ1) is 8.99. The molecule has 2 rings (SSSR count). The molecule has 1 aromatic heterocycles. The molecule has 2 aromatic rings. The van der Waals surface area contributed by atoms with Gasteiger partial charge in [-0.3, -0.25) is 0 Å². The number of benzene rings is 1. The Morgan fingerprint density at radius 1 is 1.26 bits per heavy atom. The van der Waals surface area contributed by atoms with Gasteiger partial charge in [-0.25, -0.2) is 13.2 Å². The highest BCUT2D eigenvalue weighted by atomic mass is 32.1. The van der Waals surface area contributed by atoms with E-state index in [2.05, 4.69) is 0 Å². The Bertz CT molecular complexity index is 663. The van der Waals surface area contributed by atoms with Gasteiger partial charge in [-0.1, -0.05) is 6.92 Å². The monoisotopic (exact) mass is 282 g/mol. The van der Waals surface area contributed by atoms with Crippen molar-refractivity contribution in [1.29, 1.82) is 5.26 Å². The van der Waals surface area contributed by atoms with E-state index in [1.54, 1.807) is 0 Å². The Kier molecular flexibility index (Phi) is 3.49. The van der Waals surface area contributed by atoms with Crippen LogP contribution >= 0.6 is 11.3 Å². The highest BCUT2D eigenvalue weighted by molar-refractivity contribution is 7.16. The summed E-state index contributed by atoms with van der Waals surface area (Å²) in [4.78, 5) is 0.784. The van der Waals surface area contributed by atoms with Gasteiger partial charge in [0.25, 0.3) is 0 Å². The highest BCUT2D eigenvalue weighted by Gasteiger charge is 2.19. The van der Waals surface area contributed by atoms with Crippen LogP contribution in [0.2, 0.25) is 0 Å². The van der Waals surface area contributed by atoms with E-state index in [0.717, 1.165) is 23.5 Å². The van der Waals surface area contributed by atoms with Crippen molar-refractivity contribution in [3.05, 3.63) is 40.0 Å². The van der Waals surface area contributed by atoms with Crippen molar-refractivity contribution in [3.8, 4) is 16.5 Å². The Morgan fingerprint density at radius 3 is 2.32 bits per heavy atom. The first-order valence-corrected chi connectivity index (χ1v) is 6.27. The second-order valence-corrected chi connectivity index (χ2v) is 4.89. The molecule has 0 atom stereocenters. The predicted octanol–water partition coefficient (Wildman–Crippen LogP) is 3.85. The zero-order valence-electron chi connectivity index (χ0n) is 9.93. The molecule has 0 aliphatic heterocycles. The molecule has 0 amide bonds. The number of hydrogen-bond donors (Lipinski definition) is 1. The lowest BCUT2D eigenvalue weighted by atomic mass is 10.1. The number of nitriles is 1. The lowest BCUT2D eigenvalue weighted by Gasteiger charge is -2.04. The molecular formula is C13H9F3N2S. The topological polar surface area (TPSA) is 49.8 Å². The summed E-state index contributed by atoms with van der Waals surface area (Å²) >= 11 is 1.05. The SMILES string of the molecule is CCc1c(-c2cc(F)c(F)c(F)c2)sc(C#N)c1N. The quantitative estimate of drug-likeness (QED) is 0.850. The molecule has 6 heteroatoms. The summed E-state index contributed by atoms with van der Waals surface area (Å²) in [6.45, 7) is 1.82. The Morgan fingerprint density at radius 2 is 1.84 bits per heavy atom. The van der Waals surface area contributed by atoms with E-state index in [1.807, 2.05) is 13.0 Å². The number of rotatable bonds is 2. The van der Waals surface area contributed by atoms with E-state index >= 15 is 0 Å². The van der Waals surface area contributed by atoms with Crippen molar-refractivity contribution >= 4 is 17.0 Å². The van der Waals surface area contributed by atoms with Gasteiger partial charge in [-0.15, -0.1) is 11.3 Å². The van der Waals surface area contributed by atoms with Crippen LogP contribution in [0.4, 0.5) is 18.9 Å². The van der Waals surface area contributed by atoms with Crippen LogP contribution in [0.15, 0.2) is 12.1 Å². The maximum absolute atomic E-state index is 13.2. The summed E-state index contributed by atoms with van der Waals surface area (Å²) < 4.78 is 39.4. The number of anilines is 1. The summed E-state index contributed by atoms with van der Waals surface area (Å²) in [6.07, 6.45) is 0.514. The van der Waals surface area contributed by atoms with Gasteiger partial charge in [0, 0.05) is 4.88 Å². The zero-order valence-corrected chi connectivity index (χ0v) is 10.7. The van der Waals surface area contributed by atoms with Crippen LogP contribution in [0.1, 0.15) is 17.4 Å². The van der Waals surface area contributed by atoms with Gasteiger partial charge in [0.15, 0.2) is 17.5 Å². The first kappa shape index (κ1) is 13.4. The average molecular weight is 282 g/mol. The maximum atomic E-state index is 13.2. The summed E-state index contributed by atoms with van der Waals surface area (Å²) in [5, 5.41) is 8.92. The number of hydrogen-bond acceptors (Lipinski definition) is 3. The fraction of sp³-hybridized carbons (Fsp3) is 0.154. The summed E-state index contributed by atoms with van der Waals surface area (Å²) in [7, 11) is 0. The number of nitrogens with two attached hydrogens (primary N) is 1. The molecule has 0 radical (unpaired) electrons. The fourth-order valence-corrected chi connectivity index (χ4v) is 2.93. The predicted molar refractivity (Wildman–Crippen MR) is 68.1 cm³/mol. The molecule has 0 saturated heterocycles. The summed E-state index contributed by atoms with van der Waals surface area (Å²) in [6, 6.07) is 3.75. The molecule has 0 fully saturated rings. The minimum Gasteiger partial charge on any atom is -0.397 e. The number of nitrogens with zero attached hydrogens (tertiary/aromatic N) is 1. The second kappa shape index (κ2) is 4.94. The van der Waals surface area contributed by atoms with E-state index in [0.29, 0.717) is 22.5 Å². The smallest absolute Gasteiger partial charge is 0.194 e. The van der Waals surface area contributed by atoms with Crippen molar-refractivity contribution in [2.75, 3.05) is 5.73 Å². The van der Waals surface area contributed by atoms with E-state index < -0.39 is 17.5 Å². The van der Waals surface area contributed by atoms with Crippen LogP contribution in [0.3, 0.4) is 0 Å². The van der Waals surface area contributed by atoms with E-state index in [1.165, 1.54) is 0 Å². The molecule has 98 valence electrons. The van der Waals surface area contributed by atoms with E-state index in [4.69, 9.17) is 11.0 Å². The Balaban J connectivity index is 2.69. The van der Waals surface area contributed by atoms with Crippen molar-refractivity contribution < 1.29 is 13.2 Å². The number of halogens is 3. The molecule has 0 saturated carbocycles. The molecule has 0 aliphatic rings. The molecule has 1 aromatic carbocycles. The minimum absolute atomic E-state index is 0.187. The van der Waals surface area contributed by atoms with Crippen LogP contribution in [0.5, 0.6) is 0 Å². The largest absolute Gasteiger partial charge is 0.397 e. The van der Waals surface area contributed by atoms with Crippen molar-refractivity contribution in [2.24, 2.45) is 0 Å². The third-order valence-electron chi connectivity index (χ3n) is 2.75. The highest BCUT2D eigenvalue weighted by Crippen LogP contribution is 2.39. The van der Waals surface area contributed by atoms with Crippen LogP contribution in [0, 0.1) is 28.8 Å². The molecule has 1 heterocycles. The standard InChI is InChI=1S/C13H9F3N2S/c1-2-7-12(18)10(5-17)19-13(7)6-3-8(14)11(16)9(15)4-6/h3-4H,2,18H2,1H3. The van der Waals surface area contributed by atoms with Crippen molar-refractivity contribution in [1.82, 2.24) is 0 Å². The molecular weight excluding hydrogens is 273 g/mol. The van der Waals surface area contributed by atoms with Gasteiger partial charge in [-0.05, 0) is 29.7 Å². The first-order valence-electron chi connectivity index (χ1n) is 5.45. The molecule has 2 nitrogen and oxygen atoms in total.